The van der Waals surface area contributed by atoms with E-state index in [4.69, 9.17) is 9.84 Å². The Balaban J connectivity index is 1.80. The molecule has 1 N–H and O–H groups in total. The summed E-state index contributed by atoms with van der Waals surface area (Å²) in [5.74, 6) is 0.802. The molecule has 0 unspecified atom stereocenters. The molecular weight excluding hydrogens is 248 g/mol. The molecule has 0 spiro atoms. The third-order valence-corrected chi connectivity index (χ3v) is 3.89. The van der Waals surface area contributed by atoms with Crippen LogP contribution in [0.5, 0.6) is 10.9 Å². The highest BCUT2D eigenvalue weighted by Crippen LogP contribution is 2.29. The van der Waals surface area contributed by atoms with Crippen molar-refractivity contribution in [2.45, 2.75) is 32.3 Å². The maximum absolute atomic E-state index is 8.93. The summed E-state index contributed by atoms with van der Waals surface area (Å²) < 4.78 is 5.66. The van der Waals surface area contributed by atoms with E-state index in [0.29, 0.717) is 10.2 Å². The highest BCUT2D eigenvalue weighted by atomic mass is 32.1. The molecule has 0 saturated carbocycles. The molecule has 0 saturated heterocycles. The molecule has 4 nitrogen and oxygen atoms in total. The SMILES string of the molecule is OCc1nnc(Oc2ccc3c(c2)CCCC3)s1. The largest absolute Gasteiger partial charge is 0.430 e. The molecule has 0 aliphatic heterocycles. The van der Waals surface area contributed by atoms with Gasteiger partial charge in [0.25, 0.3) is 5.19 Å². The second-order valence-corrected chi connectivity index (χ2v) is 5.38. The van der Waals surface area contributed by atoms with Crippen molar-refractivity contribution in [2.24, 2.45) is 0 Å². The molecule has 0 bridgehead atoms. The van der Waals surface area contributed by atoms with E-state index in [1.165, 1.54) is 41.7 Å². The summed E-state index contributed by atoms with van der Waals surface area (Å²) >= 11 is 1.27. The highest BCUT2D eigenvalue weighted by Gasteiger charge is 2.11. The van der Waals surface area contributed by atoms with Gasteiger partial charge in [-0.15, -0.1) is 5.10 Å². The highest BCUT2D eigenvalue weighted by molar-refractivity contribution is 7.13. The minimum Gasteiger partial charge on any atom is -0.430 e. The van der Waals surface area contributed by atoms with Crippen LogP contribution in [0.1, 0.15) is 29.0 Å². The predicted molar refractivity (Wildman–Crippen MR) is 69.0 cm³/mol. The fourth-order valence-electron chi connectivity index (χ4n) is 2.22. The van der Waals surface area contributed by atoms with Gasteiger partial charge in [-0.05, 0) is 48.9 Å². The Morgan fingerprint density at radius 3 is 2.78 bits per heavy atom. The van der Waals surface area contributed by atoms with Gasteiger partial charge < -0.3 is 9.84 Å². The Morgan fingerprint density at radius 2 is 2.00 bits per heavy atom. The minimum absolute atomic E-state index is 0.0920. The van der Waals surface area contributed by atoms with Gasteiger partial charge in [0.1, 0.15) is 10.8 Å². The molecule has 18 heavy (non-hydrogen) atoms. The first-order valence-corrected chi connectivity index (χ1v) is 6.90. The van der Waals surface area contributed by atoms with Gasteiger partial charge in [-0.3, -0.25) is 0 Å². The van der Waals surface area contributed by atoms with Gasteiger partial charge in [-0.2, -0.15) is 0 Å². The molecule has 2 aromatic rings. The zero-order chi connectivity index (χ0) is 12.4. The van der Waals surface area contributed by atoms with Gasteiger partial charge in [0.15, 0.2) is 0 Å². The van der Waals surface area contributed by atoms with E-state index >= 15 is 0 Å². The molecule has 0 atom stereocenters. The number of fused-ring (bicyclic) bond motifs is 1. The number of rotatable bonds is 3. The van der Waals surface area contributed by atoms with Crippen molar-refractivity contribution in [3.63, 3.8) is 0 Å². The molecule has 1 aromatic carbocycles. The van der Waals surface area contributed by atoms with E-state index in [9.17, 15) is 0 Å². The van der Waals surface area contributed by atoms with Crippen LogP contribution in [0.15, 0.2) is 18.2 Å². The van der Waals surface area contributed by atoms with Crippen LogP contribution >= 0.6 is 11.3 Å². The number of nitrogens with zero attached hydrogens (tertiary/aromatic N) is 2. The number of hydrogen-bond acceptors (Lipinski definition) is 5. The van der Waals surface area contributed by atoms with Crippen molar-refractivity contribution in [3.8, 4) is 10.9 Å². The molecule has 1 aromatic heterocycles. The summed E-state index contributed by atoms with van der Waals surface area (Å²) in [6.45, 7) is -0.0920. The van der Waals surface area contributed by atoms with Crippen LogP contribution in [0, 0.1) is 0 Å². The zero-order valence-corrected chi connectivity index (χ0v) is 10.7. The number of aromatic nitrogens is 2. The summed E-state index contributed by atoms with van der Waals surface area (Å²) in [6, 6.07) is 6.20. The smallest absolute Gasteiger partial charge is 0.299 e. The second-order valence-electron chi connectivity index (χ2n) is 4.36. The van der Waals surface area contributed by atoms with E-state index in [1.54, 1.807) is 0 Å². The van der Waals surface area contributed by atoms with Crippen LogP contribution in [-0.2, 0) is 19.4 Å². The van der Waals surface area contributed by atoms with Crippen LogP contribution in [0.4, 0.5) is 0 Å². The van der Waals surface area contributed by atoms with Gasteiger partial charge in [-0.25, -0.2) is 0 Å². The third kappa shape index (κ3) is 2.37. The first-order chi connectivity index (χ1) is 8.85. The third-order valence-electron chi connectivity index (χ3n) is 3.11. The van der Waals surface area contributed by atoms with E-state index < -0.39 is 0 Å². The van der Waals surface area contributed by atoms with E-state index in [2.05, 4.69) is 22.3 Å². The molecule has 1 aliphatic carbocycles. The lowest BCUT2D eigenvalue weighted by atomic mass is 9.92. The van der Waals surface area contributed by atoms with E-state index in [1.807, 2.05) is 6.07 Å². The Labute approximate surface area is 109 Å². The molecule has 1 aliphatic rings. The van der Waals surface area contributed by atoms with Gasteiger partial charge in [0, 0.05) is 0 Å². The Morgan fingerprint density at radius 1 is 1.17 bits per heavy atom. The molecular formula is C13H14N2O2S. The molecule has 5 heteroatoms. The summed E-state index contributed by atoms with van der Waals surface area (Å²) in [6.07, 6.45) is 4.83. The summed E-state index contributed by atoms with van der Waals surface area (Å²) in [4.78, 5) is 0. The quantitative estimate of drug-likeness (QED) is 0.924. The number of benzene rings is 1. The van der Waals surface area contributed by atoms with Gasteiger partial charge in [0.2, 0.25) is 0 Å². The minimum atomic E-state index is -0.0920. The Hall–Kier alpha value is -1.46. The molecule has 94 valence electrons. The lowest BCUT2D eigenvalue weighted by Gasteiger charge is -2.16. The van der Waals surface area contributed by atoms with Crippen molar-refractivity contribution in [1.82, 2.24) is 10.2 Å². The summed E-state index contributed by atoms with van der Waals surface area (Å²) in [7, 11) is 0. The number of ether oxygens (including phenoxy) is 1. The fourth-order valence-corrected chi connectivity index (χ4v) is 2.78. The van der Waals surface area contributed by atoms with Crippen molar-refractivity contribution >= 4 is 11.3 Å². The van der Waals surface area contributed by atoms with Crippen molar-refractivity contribution in [1.29, 1.82) is 0 Å². The maximum atomic E-state index is 8.93. The van der Waals surface area contributed by atoms with Crippen LogP contribution < -0.4 is 4.74 Å². The molecule has 0 radical (unpaired) electrons. The van der Waals surface area contributed by atoms with Crippen LogP contribution in [-0.4, -0.2) is 15.3 Å². The van der Waals surface area contributed by atoms with Crippen LogP contribution in [0.2, 0.25) is 0 Å². The lowest BCUT2D eigenvalue weighted by Crippen LogP contribution is -2.02. The first kappa shape index (κ1) is 11.6. The molecule has 0 amide bonds. The standard InChI is InChI=1S/C13H14N2O2S/c16-8-12-14-15-13(18-12)17-11-6-5-9-3-1-2-4-10(9)7-11/h5-7,16H,1-4,8H2. The van der Waals surface area contributed by atoms with Gasteiger partial charge in [0.05, 0.1) is 6.61 Å². The molecule has 3 rings (SSSR count). The number of aliphatic hydroxyl groups excluding tert-OH is 1. The Kier molecular flexibility index (Phi) is 3.25. The van der Waals surface area contributed by atoms with E-state index in [0.717, 1.165) is 12.2 Å². The van der Waals surface area contributed by atoms with Gasteiger partial charge >= 0.3 is 0 Å². The molecule has 0 fully saturated rings. The van der Waals surface area contributed by atoms with E-state index in [-0.39, 0.29) is 6.61 Å². The van der Waals surface area contributed by atoms with Crippen molar-refractivity contribution < 1.29 is 9.84 Å². The predicted octanol–water partition coefficient (Wildman–Crippen LogP) is 2.70. The average Bonchev–Trinajstić information content (AvgIpc) is 2.86. The zero-order valence-electron chi connectivity index (χ0n) is 9.93. The number of hydrogen-bond donors (Lipinski definition) is 1. The first-order valence-electron chi connectivity index (χ1n) is 6.08. The topological polar surface area (TPSA) is 55.2 Å². The molecule has 1 heterocycles. The number of aliphatic hydroxyl groups is 1. The van der Waals surface area contributed by atoms with Crippen molar-refractivity contribution in [3.05, 3.63) is 34.3 Å². The fraction of sp³-hybridized carbons (Fsp3) is 0.385. The number of aryl methyl sites for hydroxylation is 2. The van der Waals surface area contributed by atoms with Crippen LogP contribution in [0.25, 0.3) is 0 Å². The summed E-state index contributed by atoms with van der Waals surface area (Å²) in [5, 5.41) is 17.7. The lowest BCUT2D eigenvalue weighted by molar-refractivity contribution is 0.280. The normalized spacial score (nSPS) is 14.3. The average molecular weight is 262 g/mol. The Bertz CT molecular complexity index is 554. The monoisotopic (exact) mass is 262 g/mol. The summed E-state index contributed by atoms with van der Waals surface area (Å²) in [5.41, 5.74) is 2.81. The van der Waals surface area contributed by atoms with Crippen LogP contribution in [0.3, 0.4) is 0 Å². The van der Waals surface area contributed by atoms with Gasteiger partial charge in [-0.1, -0.05) is 22.5 Å². The van der Waals surface area contributed by atoms with Crippen molar-refractivity contribution in [2.75, 3.05) is 0 Å². The second kappa shape index (κ2) is 5.04. The maximum Gasteiger partial charge on any atom is 0.299 e.